The van der Waals surface area contributed by atoms with E-state index in [1.807, 2.05) is 89.8 Å². The van der Waals surface area contributed by atoms with Crippen LogP contribution in [0.3, 0.4) is 0 Å². The third kappa shape index (κ3) is 7.42. The number of anilines is 6. The first-order valence-corrected chi connectivity index (χ1v) is 21.4. The smallest absolute Gasteiger partial charge is 0.151 e. The van der Waals surface area contributed by atoms with Gasteiger partial charge >= 0.3 is 0 Å². The van der Waals surface area contributed by atoms with Crippen molar-refractivity contribution in [3.05, 3.63) is 227 Å². The average molecular weight is 895 g/mol. The second-order valence-corrected chi connectivity index (χ2v) is 16.2. The number of rotatable bonds is 5. The molecule has 0 aromatic heterocycles. The van der Waals surface area contributed by atoms with E-state index >= 15 is 0 Å². The topological polar surface area (TPSA) is 24.9 Å². The Bertz CT molecular complexity index is 2860. The lowest BCUT2D eigenvalue weighted by Gasteiger charge is -2.35. The lowest BCUT2D eigenvalue weighted by Crippen LogP contribution is -2.17. The first kappa shape index (κ1) is 38.4. The summed E-state index contributed by atoms with van der Waals surface area (Å²) in [4.78, 5) is 4.40. The number of nitrogens with zero attached hydrogens (tertiary/aromatic N) is 2. The predicted molar refractivity (Wildman–Crippen MR) is 256 cm³/mol. The van der Waals surface area contributed by atoms with Crippen molar-refractivity contribution in [3.63, 3.8) is 0 Å². The van der Waals surface area contributed by atoms with Gasteiger partial charge in [-0.1, -0.05) is 179 Å². The Balaban J connectivity index is 0.000000165. The highest BCUT2D eigenvalue weighted by atomic mass is 79.9. The van der Waals surface area contributed by atoms with Crippen LogP contribution in [0.1, 0.15) is 0 Å². The molecule has 0 bridgehead atoms. The molecule has 9 aromatic rings. The van der Waals surface area contributed by atoms with Crippen LogP contribution in [0, 0.1) is 0 Å². The zero-order valence-corrected chi connectivity index (χ0v) is 35.6. The van der Waals surface area contributed by atoms with Gasteiger partial charge in [0.15, 0.2) is 23.0 Å². The Morgan fingerprint density at radius 1 is 0.328 bits per heavy atom. The van der Waals surface area contributed by atoms with E-state index in [9.17, 15) is 0 Å². The van der Waals surface area contributed by atoms with Crippen LogP contribution >= 0.6 is 39.1 Å². The van der Waals surface area contributed by atoms with Gasteiger partial charge in [0.2, 0.25) is 0 Å². The highest BCUT2D eigenvalue weighted by Crippen LogP contribution is 2.56. The molecule has 0 unspecified atom stereocenters. The van der Waals surface area contributed by atoms with Crippen molar-refractivity contribution in [3.8, 4) is 56.4 Å². The summed E-state index contributed by atoms with van der Waals surface area (Å²) in [6, 6.07) is 72.5. The summed E-state index contributed by atoms with van der Waals surface area (Å²) in [5.41, 5.74) is 12.7. The van der Waals surface area contributed by atoms with Crippen LogP contribution in [-0.2, 0) is 0 Å². The molecular formula is C54H35BrCl2N2O2. The number of benzene rings is 9. The first-order chi connectivity index (χ1) is 30.0. The highest BCUT2D eigenvalue weighted by molar-refractivity contribution is 9.10. The molecule has 11 rings (SSSR count). The van der Waals surface area contributed by atoms with Crippen LogP contribution in [-0.4, -0.2) is 0 Å². The number of para-hydroxylation sites is 8. The SMILES string of the molecule is Clc1cc(Br)cc(Cl)c1N1c2ccccc2Oc2ccccc21.c1ccc(-c2cc(-c3ccccc3)c(N3c4ccccc4Oc4ccccc43)c(-c3ccccc3)c2)cc1. The van der Waals surface area contributed by atoms with E-state index in [1.54, 1.807) is 0 Å². The maximum atomic E-state index is 6.50. The van der Waals surface area contributed by atoms with Gasteiger partial charge in [-0.3, -0.25) is 0 Å². The zero-order valence-electron chi connectivity index (χ0n) is 32.6. The molecule has 0 N–H and O–H groups in total. The standard InChI is InChI=1S/C36H25NO.C18H10BrCl2NO/c1-4-14-26(15-5-1)29-24-30(27-16-6-2-7-17-27)36(31(25-29)28-18-8-3-9-19-28)37-32-20-10-12-22-34(32)38-35-23-13-11-21-33(35)37;19-11-9-12(20)18(13(21)10-11)22-14-5-1-3-7-16(14)23-17-8-4-2-6-15(17)22/h1-25H;1-10H. The first-order valence-electron chi connectivity index (χ1n) is 19.8. The molecular weight excluding hydrogens is 859 g/mol. The van der Waals surface area contributed by atoms with Crippen molar-refractivity contribution >= 4 is 73.3 Å². The normalized spacial score (nSPS) is 12.0. The van der Waals surface area contributed by atoms with Crippen molar-refractivity contribution in [2.45, 2.75) is 0 Å². The van der Waals surface area contributed by atoms with Crippen molar-refractivity contribution < 1.29 is 9.47 Å². The second kappa shape index (κ2) is 16.7. The number of fused-ring (bicyclic) bond motifs is 4. The Kier molecular flexibility index (Phi) is 10.5. The van der Waals surface area contributed by atoms with Crippen LogP contribution in [0.25, 0.3) is 33.4 Å². The number of hydrogen-bond acceptors (Lipinski definition) is 4. The van der Waals surface area contributed by atoms with E-state index in [0.29, 0.717) is 10.0 Å². The van der Waals surface area contributed by atoms with Gasteiger partial charge in [0.25, 0.3) is 0 Å². The highest BCUT2D eigenvalue weighted by Gasteiger charge is 2.31. The summed E-state index contributed by atoms with van der Waals surface area (Å²) in [6.45, 7) is 0. The van der Waals surface area contributed by atoms with Crippen molar-refractivity contribution in [2.24, 2.45) is 0 Å². The van der Waals surface area contributed by atoms with Crippen molar-refractivity contribution in [1.82, 2.24) is 0 Å². The minimum atomic E-state index is 0.566. The molecule has 2 heterocycles. The maximum absolute atomic E-state index is 6.50. The molecule has 2 aliphatic rings. The molecule has 9 aromatic carbocycles. The molecule has 0 radical (unpaired) electrons. The van der Waals surface area contributed by atoms with Gasteiger partial charge < -0.3 is 19.3 Å². The third-order valence-corrected chi connectivity index (χ3v) is 11.7. The Labute approximate surface area is 373 Å². The molecule has 0 atom stereocenters. The quantitative estimate of drug-likeness (QED) is 0.172. The van der Waals surface area contributed by atoms with Gasteiger partial charge in [-0.05, 0) is 95.1 Å². The summed E-state index contributed by atoms with van der Waals surface area (Å²) >= 11 is 16.4. The molecule has 0 fully saturated rings. The van der Waals surface area contributed by atoms with Crippen LogP contribution in [0.2, 0.25) is 10.0 Å². The van der Waals surface area contributed by atoms with Crippen molar-refractivity contribution in [1.29, 1.82) is 0 Å². The minimum absolute atomic E-state index is 0.566. The lowest BCUT2D eigenvalue weighted by atomic mass is 9.89. The van der Waals surface area contributed by atoms with E-state index in [2.05, 4.69) is 148 Å². The van der Waals surface area contributed by atoms with Crippen LogP contribution in [0.4, 0.5) is 34.1 Å². The molecule has 4 nitrogen and oxygen atoms in total. The van der Waals surface area contributed by atoms with Crippen LogP contribution in [0.5, 0.6) is 23.0 Å². The molecule has 61 heavy (non-hydrogen) atoms. The van der Waals surface area contributed by atoms with Crippen LogP contribution < -0.4 is 19.3 Å². The predicted octanol–water partition coefficient (Wildman–Crippen LogP) is 17.6. The Morgan fingerprint density at radius 2 is 0.639 bits per heavy atom. The summed E-state index contributed by atoms with van der Waals surface area (Å²) < 4.78 is 13.2. The zero-order chi connectivity index (χ0) is 41.3. The van der Waals surface area contributed by atoms with E-state index in [-0.39, 0.29) is 0 Å². The molecule has 7 heteroatoms. The van der Waals surface area contributed by atoms with Gasteiger partial charge in [0.1, 0.15) is 0 Å². The van der Waals surface area contributed by atoms with E-state index < -0.39 is 0 Å². The Hall–Kier alpha value is -6.76. The van der Waals surface area contributed by atoms with Crippen LogP contribution in [0.15, 0.2) is 217 Å². The molecule has 0 amide bonds. The third-order valence-electron chi connectivity index (χ3n) is 10.7. The van der Waals surface area contributed by atoms with E-state index in [4.69, 9.17) is 32.7 Å². The summed E-state index contributed by atoms with van der Waals surface area (Å²) in [7, 11) is 0. The fourth-order valence-electron chi connectivity index (χ4n) is 7.99. The fourth-order valence-corrected chi connectivity index (χ4v) is 9.36. The molecule has 2 aliphatic heterocycles. The minimum Gasteiger partial charge on any atom is -0.453 e. The molecule has 0 saturated carbocycles. The summed E-state index contributed by atoms with van der Waals surface area (Å²) in [6.07, 6.45) is 0. The molecule has 0 spiro atoms. The molecule has 0 saturated heterocycles. The molecule has 0 aliphatic carbocycles. The molecule has 294 valence electrons. The Morgan fingerprint density at radius 3 is 1.02 bits per heavy atom. The largest absolute Gasteiger partial charge is 0.453 e. The lowest BCUT2D eigenvalue weighted by molar-refractivity contribution is 0.477. The maximum Gasteiger partial charge on any atom is 0.151 e. The van der Waals surface area contributed by atoms with Gasteiger partial charge in [-0.2, -0.15) is 0 Å². The summed E-state index contributed by atoms with van der Waals surface area (Å²) in [5, 5.41) is 1.13. The monoisotopic (exact) mass is 892 g/mol. The number of ether oxygens (including phenoxy) is 2. The van der Waals surface area contributed by atoms with E-state index in [1.165, 1.54) is 22.3 Å². The summed E-state index contributed by atoms with van der Waals surface area (Å²) in [5.74, 6) is 3.22. The van der Waals surface area contributed by atoms with Crippen molar-refractivity contribution in [2.75, 3.05) is 9.80 Å². The average Bonchev–Trinajstić information content (AvgIpc) is 3.31. The van der Waals surface area contributed by atoms with Gasteiger partial charge in [-0.25, -0.2) is 0 Å². The fraction of sp³-hybridized carbons (Fsp3) is 0. The number of hydrogen-bond donors (Lipinski definition) is 0. The van der Waals surface area contributed by atoms with Gasteiger partial charge in [0.05, 0.1) is 44.2 Å². The number of halogens is 3. The van der Waals surface area contributed by atoms with Gasteiger partial charge in [-0.15, -0.1) is 0 Å². The van der Waals surface area contributed by atoms with E-state index in [0.717, 1.165) is 72.7 Å². The second-order valence-electron chi connectivity index (χ2n) is 14.5. The van der Waals surface area contributed by atoms with Gasteiger partial charge in [0, 0.05) is 15.6 Å².